The monoisotopic (exact) mass is 1750 g/mol. The van der Waals surface area contributed by atoms with E-state index in [2.05, 4.69) is 163 Å². The number of amides is 1. The van der Waals surface area contributed by atoms with Gasteiger partial charge in [-0.3, -0.25) is 35.2 Å². The molecule has 5 saturated heterocycles. The maximum absolute atomic E-state index is 12.8. The Morgan fingerprint density at radius 1 is 0.443 bits per heavy atom. The van der Waals surface area contributed by atoms with Gasteiger partial charge >= 0.3 is 6.18 Å². The summed E-state index contributed by atoms with van der Waals surface area (Å²) in [5.41, 5.74) is 9.54. The number of fused-ring (bicyclic) bond motifs is 4. The molecule has 0 bridgehead atoms. The van der Waals surface area contributed by atoms with Crippen molar-refractivity contribution in [2.45, 2.75) is 151 Å². The lowest BCUT2D eigenvalue weighted by Crippen LogP contribution is -2.43. The number of hydrogen-bond donors (Lipinski definition) is 8. The third-order valence-corrected chi connectivity index (χ3v) is 27.8. The Balaban J connectivity index is 0.000000141. The quantitative estimate of drug-likeness (QED) is 0.0352. The van der Waals surface area contributed by atoms with Gasteiger partial charge in [-0.25, -0.2) is 4.98 Å². The number of H-pyrrole nitrogens is 4. The van der Waals surface area contributed by atoms with Gasteiger partial charge < -0.3 is 49.7 Å². The van der Waals surface area contributed by atoms with E-state index < -0.39 is 41.7 Å². The van der Waals surface area contributed by atoms with Crippen molar-refractivity contribution in [3.05, 3.63) is 219 Å². The third-order valence-electron chi connectivity index (χ3n) is 27.0. The van der Waals surface area contributed by atoms with Gasteiger partial charge in [-0.2, -0.15) is 33.6 Å². The maximum atomic E-state index is 12.8. The lowest BCUT2D eigenvalue weighted by molar-refractivity contribution is -0.141. The van der Waals surface area contributed by atoms with Crippen LogP contribution in [0.15, 0.2) is 154 Å². The summed E-state index contributed by atoms with van der Waals surface area (Å²) >= 11 is 25.1. The van der Waals surface area contributed by atoms with E-state index in [0.29, 0.717) is 68.6 Å². The van der Waals surface area contributed by atoms with Crippen LogP contribution in [0.25, 0.3) is 60.7 Å². The topological polar surface area (TPSA) is 277 Å². The Bertz CT molecular complexity index is 5430. The van der Waals surface area contributed by atoms with Crippen molar-refractivity contribution in [2.75, 3.05) is 83.6 Å². The molecule has 12 heterocycles. The molecule has 5 aliphatic heterocycles. The normalized spacial score (nSPS) is 17.6. The molecule has 5 aliphatic rings. The van der Waals surface area contributed by atoms with Gasteiger partial charge in [0, 0.05) is 194 Å². The van der Waals surface area contributed by atoms with Gasteiger partial charge in [-0.05, 0) is 182 Å². The summed E-state index contributed by atoms with van der Waals surface area (Å²) in [5.74, 6) is 2.50. The molecule has 0 unspecified atom stereocenters. The lowest BCUT2D eigenvalue weighted by atomic mass is 9.68. The third kappa shape index (κ3) is 20.0. The number of anilines is 1. The number of aliphatic hydroxyl groups excluding tert-OH is 4. The van der Waals surface area contributed by atoms with Gasteiger partial charge in [0.05, 0.1) is 84.5 Å². The smallest absolute Gasteiger partial charge is 0.388 e. The minimum Gasteiger partial charge on any atom is -0.388 e. The van der Waals surface area contributed by atoms with Gasteiger partial charge in [-0.1, -0.05) is 128 Å². The number of rotatable bonds is 20. The van der Waals surface area contributed by atoms with E-state index in [1.165, 1.54) is 12.3 Å². The molecule has 1 amide bonds. The zero-order valence-electron chi connectivity index (χ0n) is 70.9. The van der Waals surface area contributed by atoms with Gasteiger partial charge in [0.1, 0.15) is 11.5 Å². The summed E-state index contributed by atoms with van der Waals surface area (Å²) in [6.07, 6.45) is 14.5. The molecule has 4 atom stereocenters. The molecule has 16 rings (SSSR count). The summed E-state index contributed by atoms with van der Waals surface area (Å²) in [4.78, 5) is 35.2. The zero-order chi connectivity index (χ0) is 87.3. The number of ether oxygens (including phenoxy) is 1. The van der Waals surface area contributed by atoms with Crippen LogP contribution >= 0.6 is 46.4 Å². The molecule has 0 spiro atoms. The predicted octanol–water partition coefficient (Wildman–Crippen LogP) is 19.9. The minimum atomic E-state index is -4.46. The van der Waals surface area contributed by atoms with Crippen LogP contribution in [-0.2, 0) is 15.7 Å². The largest absolute Gasteiger partial charge is 0.433 e. The number of halogens is 7. The van der Waals surface area contributed by atoms with Gasteiger partial charge in [0.15, 0.2) is 0 Å². The summed E-state index contributed by atoms with van der Waals surface area (Å²) in [6, 6.07) is 25.3. The zero-order valence-corrected chi connectivity index (χ0v) is 73.9. The van der Waals surface area contributed by atoms with Crippen LogP contribution in [0.4, 0.5) is 19.0 Å². The first-order chi connectivity index (χ1) is 58.0. The molecule has 29 heteroatoms. The average molecular weight is 1750 g/mol. The Morgan fingerprint density at radius 3 is 1.03 bits per heavy atom. The van der Waals surface area contributed by atoms with Crippen molar-refractivity contribution in [1.82, 2.24) is 75.3 Å². The molecular formula is C93H113Cl4F3N16O6. The molecule has 0 aliphatic carbocycles. The van der Waals surface area contributed by atoms with Crippen molar-refractivity contribution in [3.63, 3.8) is 0 Å². The molecule has 4 aromatic carbocycles. The van der Waals surface area contributed by atoms with Crippen LogP contribution in [0.3, 0.4) is 0 Å². The molecule has 7 aromatic heterocycles. The van der Waals surface area contributed by atoms with Crippen molar-refractivity contribution in [2.24, 2.45) is 45.3 Å². The van der Waals surface area contributed by atoms with Gasteiger partial charge in [-0.15, -0.1) is 0 Å². The van der Waals surface area contributed by atoms with Crippen LogP contribution in [0.2, 0.25) is 20.1 Å². The predicted molar refractivity (Wildman–Crippen MR) is 480 cm³/mol. The van der Waals surface area contributed by atoms with Crippen molar-refractivity contribution < 1.29 is 43.1 Å². The second-order valence-corrected chi connectivity index (χ2v) is 37.3. The number of pyridine rings is 3. The number of aromatic nitrogens is 11. The molecule has 0 saturated carbocycles. The van der Waals surface area contributed by atoms with Crippen LogP contribution < -0.4 is 4.90 Å². The van der Waals surface area contributed by atoms with E-state index in [9.17, 15) is 38.4 Å². The summed E-state index contributed by atoms with van der Waals surface area (Å²) in [6.45, 7) is 41.4. The van der Waals surface area contributed by atoms with E-state index in [1.54, 1.807) is 37.1 Å². The second kappa shape index (κ2) is 38.1. The summed E-state index contributed by atoms with van der Waals surface area (Å²) in [5, 5.41) is 79.7. The van der Waals surface area contributed by atoms with Gasteiger partial charge in [0.2, 0.25) is 5.91 Å². The SMILES string of the molecule is C=C(c1ccc(C(F)(F)F)nc1)N1CCC(C(C)(C)[C@H](O)c2cc(Cl)cc3cn[nH]c23)CC1.C=C(c1ccc(N2CCOCC2)nc1)N1CCC(C(C)(C)[C@H](O)c2cc(Cl)cc3cn[nH]c23)CC1.C=C(c1cccnc1)N1CCC(C(C)(C)[C@H](O)c2cc(Cl)cc3cn[nH]c23)CC1.CCC(=O)N1CCC(C(C)(C)[C@H](O)c2cc(Cl)cc3cn[nH]c23)CC1. The lowest BCUT2D eigenvalue weighted by Gasteiger charge is -2.44. The van der Waals surface area contributed by atoms with E-state index in [4.69, 9.17) is 51.1 Å². The molecule has 650 valence electrons. The molecule has 5 fully saturated rings. The van der Waals surface area contributed by atoms with Crippen molar-refractivity contribution >= 4 is 119 Å². The highest BCUT2D eigenvalue weighted by Gasteiger charge is 2.45. The Labute approximate surface area is 731 Å². The number of hydrogen-bond acceptors (Lipinski definition) is 17. The van der Waals surface area contributed by atoms with E-state index in [0.717, 1.165) is 217 Å². The fourth-order valence-corrected chi connectivity index (χ4v) is 19.6. The highest BCUT2D eigenvalue weighted by Crippen LogP contribution is 2.52. The summed E-state index contributed by atoms with van der Waals surface area (Å²) in [7, 11) is 0. The molecule has 122 heavy (non-hydrogen) atoms. The first kappa shape index (κ1) is 90.6. The number of nitrogens with one attached hydrogen (secondary N) is 4. The van der Waals surface area contributed by atoms with Crippen LogP contribution in [-0.4, -0.2) is 180 Å². The van der Waals surface area contributed by atoms with Crippen molar-refractivity contribution in [3.8, 4) is 0 Å². The van der Waals surface area contributed by atoms with Gasteiger partial charge in [0.25, 0.3) is 0 Å². The standard InChI is InChI=1S/C27H34ClN5O2.C24H26ClF3N4O.C23H27ClN4O.C19H26ClN3O2/c1-18(19-4-5-24(29-16-19)33-10-12-35-13-11-33)32-8-6-21(7-9-32)27(2,3)26(34)23-15-22(28)14-20-17-30-31-25(20)23;1-14(15-4-5-20(29-12-15)24(26,27)28)32-8-6-17(7-9-32)23(2,3)22(33)19-11-18(25)10-16-13-30-31-21(16)19;1-15(16-5-4-8-25-13-16)28-9-6-18(7-10-28)23(2,3)22(29)20-12-19(24)11-17-14-26-27-21(17)20;1-4-16(24)23-7-5-13(6-8-23)19(2,3)18(25)15-10-14(20)9-12-11-21-22-17(12)15/h4-5,14-17,21,26,34H,1,6-13H2,2-3H3,(H,30,31);4-5,10-13,17,22,33H,1,6-9H2,2-3H3,(H,30,31);4-5,8,11-14,18,22,29H,1,6-7,9-10H2,2-3H3,(H,26,27);9-11,13,18,25H,4-8H2,1-3H3,(H,21,22)/t26-;2*22-;18-/m1111/s1. The fourth-order valence-electron chi connectivity index (χ4n) is 18.7. The molecule has 8 N–H and O–H groups in total. The van der Waals surface area contributed by atoms with Crippen LogP contribution in [0.5, 0.6) is 0 Å². The average Bonchev–Trinajstić information content (AvgIpc) is 1.38. The number of alkyl halides is 3. The van der Waals surface area contributed by atoms with E-state index >= 15 is 0 Å². The van der Waals surface area contributed by atoms with E-state index in [-0.39, 0.29) is 28.1 Å². The first-order valence-corrected chi connectivity index (χ1v) is 43.6. The maximum Gasteiger partial charge on any atom is 0.433 e. The Kier molecular flexibility index (Phi) is 28.3. The number of carbonyl (C=O) groups is 1. The molecule has 0 radical (unpaired) electrons. The number of nitrogens with zero attached hydrogens (tertiary/aromatic N) is 12. The molecule has 11 aromatic rings. The van der Waals surface area contributed by atoms with Crippen LogP contribution in [0.1, 0.15) is 189 Å². The van der Waals surface area contributed by atoms with Crippen LogP contribution in [0, 0.1) is 45.3 Å². The number of likely N-dealkylation sites (tertiary alicyclic amines) is 4. The number of aliphatic hydroxyl groups is 4. The number of aromatic amines is 4. The second-order valence-electron chi connectivity index (χ2n) is 35.5. The molecular weight excluding hydrogens is 1640 g/mol. The van der Waals surface area contributed by atoms with E-state index in [1.807, 2.05) is 78.8 Å². The summed E-state index contributed by atoms with van der Waals surface area (Å²) < 4.78 is 43.8. The fraction of sp³-hybridized carbons (Fsp3) is 0.462. The number of morpholine rings is 1. The molecule has 22 nitrogen and oxygen atoms in total. The minimum absolute atomic E-state index is 0.214. The Morgan fingerprint density at radius 2 is 0.754 bits per heavy atom. The highest BCUT2D eigenvalue weighted by molar-refractivity contribution is 6.32. The number of carbonyl (C=O) groups excluding carboxylic acids is 1. The first-order valence-electron chi connectivity index (χ1n) is 42.1. The Hall–Kier alpha value is -9.15. The number of benzene rings is 4. The highest BCUT2D eigenvalue weighted by atomic mass is 35.5. The number of piperidine rings is 4. The van der Waals surface area contributed by atoms with Crippen molar-refractivity contribution in [1.29, 1.82) is 0 Å².